The van der Waals surface area contributed by atoms with Gasteiger partial charge in [-0.2, -0.15) is 0 Å². The fourth-order valence-corrected chi connectivity index (χ4v) is 2.72. The molecule has 6 nitrogen and oxygen atoms in total. The average Bonchev–Trinajstić information content (AvgIpc) is 2.87. The molecule has 0 amide bonds. The molecule has 2 N–H and O–H groups in total. The van der Waals surface area contributed by atoms with Gasteiger partial charge in [0.2, 0.25) is 0 Å². The Morgan fingerprint density at radius 2 is 1.58 bits per heavy atom. The summed E-state index contributed by atoms with van der Waals surface area (Å²) < 4.78 is 11.0. The predicted molar refractivity (Wildman–Crippen MR) is 101 cm³/mol. The first-order valence-electron chi connectivity index (χ1n) is 9.69. The number of nitrogens with one attached hydrogen (secondary N) is 2. The van der Waals surface area contributed by atoms with Crippen molar-refractivity contribution in [1.29, 1.82) is 0 Å². The summed E-state index contributed by atoms with van der Waals surface area (Å²) in [6.07, 6.45) is 7.75. The minimum Gasteiger partial charge on any atom is -0.379 e. The molecule has 1 fully saturated rings. The molecule has 6 heteroatoms. The Morgan fingerprint density at radius 1 is 0.917 bits per heavy atom. The van der Waals surface area contributed by atoms with Crippen LogP contribution in [0.5, 0.6) is 0 Å². The maximum atomic E-state index is 5.54. The Labute approximate surface area is 148 Å². The number of likely N-dealkylation sites (tertiary alicyclic amines) is 1. The van der Waals surface area contributed by atoms with E-state index in [0.717, 1.165) is 38.6 Å². The SMILES string of the molecule is CCCCOCCOCCNC(=NC)NCCN1CCCCCC1. The van der Waals surface area contributed by atoms with E-state index >= 15 is 0 Å². The van der Waals surface area contributed by atoms with E-state index in [9.17, 15) is 0 Å². The van der Waals surface area contributed by atoms with E-state index in [2.05, 4.69) is 27.4 Å². The number of hydrogen-bond acceptors (Lipinski definition) is 4. The zero-order valence-corrected chi connectivity index (χ0v) is 15.8. The predicted octanol–water partition coefficient (Wildman–Crippen LogP) is 1.86. The van der Waals surface area contributed by atoms with Gasteiger partial charge in [0, 0.05) is 33.3 Å². The van der Waals surface area contributed by atoms with Crippen LogP contribution >= 0.6 is 0 Å². The molecule has 1 saturated heterocycles. The number of hydrogen-bond donors (Lipinski definition) is 2. The maximum Gasteiger partial charge on any atom is 0.191 e. The zero-order chi connectivity index (χ0) is 17.3. The molecule has 0 atom stereocenters. The molecule has 0 aromatic carbocycles. The molecule has 0 aliphatic carbocycles. The van der Waals surface area contributed by atoms with Gasteiger partial charge in [0.1, 0.15) is 0 Å². The van der Waals surface area contributed by atoms with Crippen LogP contribution in [0.4, 0.5) is 0 Å². The molecule has 24 heavy (non-hydrogen) atoms. The summed E-state index contributed by atoms with van der Waals surface area (Å²) in [7, 11) is 1.81. The highest BCUT2D eigenvalue weighted by molar-refractivity contribution is 5.79. The Morgan fingerprint density at radius 3 is 2.25 bits per heavy atom. The third-order valence-electron chi connectivity index (χ3n) is 4.20. The summed E-state index contributed by atoms with van der Waals surface area (Å²) in [5.74, 6) is 0.854. The minimum atomic E-state index is 0.659. The zero-order valence-electron chi connectivity index (χ0n) is 15.8. The fourth-order valence-electron chi connectivity index (χ4n) is 2.72. The van der Waals surface area contributed by atoms with Crippen molar-refractivity contribution in [2.45, 2.75) is 45.4 Å². The van der Waals surface area contributed by atoms with Crippen molar-refractivity contribution in [2.75, 3.05) is 66.2 Å². The van der Waals surface area contributed by atoms with E-state index in [0.29, 0.717) is 19.8 Å². The highest BCUT2D eigenvalue weighted by Gasteiger charge is 2.08. The molecule has 0 radical (unpaired) electrons. The molecule has 0 aromatic rings. The maximum absolute atomic E-state index is 5.54. The van der Waals surface area contributed by atoms with Gasteiger partial charge in [-0.1, -0.05) is 26.2 Å². The quantitative estimate of drug-likeness (QED) is 0.322. The lowest BCUT2D eigenvalue weighted by molar-refractivity contribution is 0.0487. The molecule has 1 aliphatic heterocycles. The monoisotopic (exact) mass is 342 g/mol. The number of rotatable bonds is 12. The second-order valence-electron chi connectivity index (χ2n) is 6.26. The molecule has 0 bridgehead atoms. The number of unbranched alkanes of at least 4 members (excludes halogenated alkanes) is 1. The number of nitrogens with zero attached hydrogens (tertiary/aromatic N) is 2. The summed E-state index contributed by atoms with van der Waals surface area (Å²) in [6.45, 7) is 10.3. The van der Waals surface area contributed by atoms with E-state index in [1.165, 1.54) is 45.2 Å². The van der Waals surface area contributed by atoms with Crippen LogP contribution in [0.1, 0.15) is 45.4 Å². The lowest BCUT2D eigenvalue weighted by atomic mass is 10.2. The minimum absolute atomic E-state index is 0.659. The van der Waals surface area contributed by atoms with Crippen molar-refractivity contribution in [1.82, 2.24) is 15.5 Å². The van der Waals surface area contributed by atoms with Gasteiger partial charge in [-0.15, -0.1) is 0 Å². The number of guanidine groups is 1. The summed E-state index contributed by atoms with van der Waals surface area (Å²) in [5.41, 5.74) is 0. The normalized spacial score (nSPS) is 16.8. The van der Waals surface area contributed by atoms with Crippen molar-refractivity contribution in [3.8, 4) is 0 Å². The molecule has 1 rings (SSSR count). The van der Waals surface area contributed by atoms with Gasteiger partial charge >= 0.3 is 0 Å². The van der Waals surface area contributed by atoms with Gasteiger partial charge in [-0.3, -0.25) is 4.99 Å². The molecule has 0 aromatic heterocycles. The first-order valence-corrected chi connectivity index (χ1v) is 9.69. The molecule has 1 heterocycles. The first kappa shape index (κ1) is 21.2. The van der Waals surface area contributed by atoms with Gasteiger partial charge in [0.05, 0.1) is 19.8 Å². The van der Waals surface area contributed by atoms with Crippen LogP contribution in [-0.4, -0.2) is 77.1 Å². The average molecular weight is 343 g/mol. The van der Waals surface area contributed by atoms with Crippen molar-refractivity contribution in [3.63, 3.8) is 0 Å². The summed E-state index contributed by atoms with van der Waals surface area (Å²) in [4.78, 5) is 6.80. The lowest BCUT2D eigenvalue weighted by Gasteiger charge is -2.20. The number of aliphatic imine (C=N–C) groups is 1. The van der Waals surface area contributed by atoms with Crippen LogP contribution in [0.2, 0.25) is 0 Å². The fraction of sp³-hybridized carbons (Fsp3) is 0.944. The lowest BCUT2D eigenvalue weighted by Crippen LogP contribution is -2.42. The number of ether oxygens (including phenoxy) is 2. The molecule has 0 saturated carbocycles. The second kappa shape index (κ2) is 15.7. The molecular weight excluding hydrogens is 304 g/mol. The van der Waals surface area contributed by atoms with Crippen molar-refractivity contribution < 1.29 is 9.47 Å². The van der Waals surface area contributed by atoms with Gasteiger partial charge < -0.3 is 25.0 Å². The highest BCUT2D eigenvalue weighted by Crippen LogP contribution is 2.08. The Bertz CT molecular complexity index is 305. The smallest absolute Gasteiger partial charge is 0.191 e. The summed E-state index contributed by atoms with van der Waals surface area (Å²) in [6, 6.07) is 0. The van der Waals surface area contributed by atoms with Crippen LogP contribution < -0.4 is 10.6 Å². The standard InChI is InChI=1S/C18H38N4O2/c1-3-4-14-23-16-17-24-15-10-21-18(19-2)20-9-13-22-11-7-5-6-8-12-22/h3-17H2,1-2H3,(H2,19,20,21). The Kier molecular flexibility index (Phi) is 13.8. The Hall–Kier alpha value is -0.850. The molecule has 0 unspecified atom stereocenters. The van der Waals surface area contributed by atoms with Crippen LogP contribution in [0.25, 0.3) is 0 Å². The van der Waals surface area contributed by atoms with E-state index in [1.54, 1.807) is 0 Å². The van der Waals surface area contributed by atoms with Crippen molar-refractivity contribution in [3.05, 3.63) is 0 Å². The van der Waals surface area contributed by atoms with Gasteiger partial charge in [-0.05, 0) is 32.4 Å². The highest BCUT2D eigenvalue weighted by atomic mass is 16.5. The van der Waals surface area contributed by atoms with Crippen LogP contribution in [0, 0.1) is 0 Å². The first-order chi connectivity index (χ1) is 11.9. The topological polar surface area (TPSA) is 58.1 Å². The molecule has 0 spiro atoms. The second-order valence-corrected chi connectivity index (χ2v) is 6.26. The molecular formula is C18H38N4O2. The van der Waals surface area contributed by atoms with Crippen molar-refractivity contribution >= 4 is 5.96 Å². The van der Waals surface area contributed by atoms with Gasteiger partial charge in [-0.25, -0.2) is 0 Å². The van der Waals surface area contributed by atoms with E-state index in [1.807, 2.05) is 7.05 Å². The Balaban J connectivity index is 1.94. The van der Waals surface area contributed by atoms with Crippen LogP contribution in [-0.2, 0) is 9.47 Å². The van der Waals surface area contributed by atoms with E-state index < -0.39 is 0 Å². The van der Waals surface area contributed by atoms with E-state index in [-0.39, 0.29) is 0 Å². The molecule has 1 aliphatic rings. The summed E-state index contributed by atoms with van der Waals surface area (Å²) in [5, 5.41) is 6.66. The largest absolute Gasteiger partial charge is 0.379 e. The van der Waals surface area contributed by atoms with Crippen LogP contribution in [0.15, 0.2) is 4.99 Å². The van der Waals surface area contributed by atoms with Gasteiger partial charge in [0.15, 0.2) is 5.96 Å². The third kappa shape index (κ3) is 11.6. The molecule has 142 valence electrons. The van der Waals surface area contributed by atoms with Crippen molar-refractivity contribution in [2.24, 2.45) is 4.99 Å². The third-order valence-corrected chi connectivity index (χ3v) is 4.20. The van der Waals surface area contributed by atoms with Crippen LogP contribution in [0.3, 0.4) is 0 Å². The van der Waals surface area contributed by atoms with E-state index in [4.69, 9.17) is 9.47 Å². The summed E-state index contributed by atoms with van der Waals surface area (Å²) >= 11 is 0. The van der Waals surface area contributed by atoms with Gasteiger partial charge in [0.25, 0.3) is 0 Å².